The molecule has 0 bridgehead atoms. The van der Waals surface area contributed by atoms with Crippen LogP contribution < -0.4 is 21.3 Å². The van der Waals surface area contributed by atoms with Crippen LogP contribution in [0.4, 0.5) is 9.59 Å². The number of ether oxygens (including phenoxy) is 1. The Morgan fingerprint density at radius 3 is 2.06 bits per heavy atom. The zero-order chi connectivity index (χ0) is 36.5. The fourth-order valence-corrected chi connectivity index (χ4v) is 7.07. The van der Waals surface area contributed by atoms with Gasteiger partial charge in [-0.05, 0) is 55.4 Å². The lowest BCUT2D eigenvalue weighted by Gasteiger charge is -2.26. The molecular formula is C39H47N7O4S2. The van der Waals surface area contributed by atoms with Crippen molar-refractivity contribution >= 4 is 40.7 Å². The van der Waals surface area contributed by atoms with Gasteiger partial charge in [-0.2, -0.15) is 0 Å². The van der Waals surface area contributed by atoms with Crippen molar-refractivity contribution in [2.24, 2.45) is 0 Å². The van der Waals surface area contributed by atoms with E-state index in [-0.39, 0.29) is 31.1 Å². The van der Waals surface area contributed by atoms with E-state index in [0.717, 1.165) is 26.7 Å². The highest BCUT2D eigenvalue weighted by molar-refractivity contribution is 7.09. The van der Waals surface area contributed by atoms with E-state index in [1.54, 1.807) is 23.0 Å². The van der Waals surface area contributed by atoms with E-state index in [1.807, 2.05) is 95.1 Å². The van der Waals surface area contributed by atoms with E-state index in [9.17, 15) is 14.4 Å². The van der Waals surface area contributed by atoms with Gasteiger partial charge in [0.1, 0.15) is 12.6 Å². The number of aromatic nitrogens is 3. The van der Waals surface area contributed by atoms with Crippen LogP contribution in [0.1, 0.15) is 65.7 Å². The standard InChI is InChI=1S/C39H47N7O4S2/c1-28(2)37-43-33(26-51-37)23-41-38(48)45-35(17-20-46-18-9-10-19-46)36(47)42-31(21-29-11-5-3-6-12-29)15-16-32(22-30-13-7-4-8-14-30)44-39(49)50-25-34-24-40-27-52-34/h3-14,18-19,24,26-28,31-32,35H,15-17,20-23,25H2,1-2H3,(H,42,47)(H,44,49)(H2,41,45,48)/t31-,32-,35+/m1/s1. The average molecular weight is 742 g/mol. The summed E-state index contributed by atoms with van der Waals surface area (Å²) in [6.45, 7) is 5.13. The SMILES string of the molecule is CC(C)c1nc(CNC(=O)N[C@@H](CCn2cccc2)C(=O)N[C@H](CC[C@H](Cc2ccccc2)NC(=O)OCc2cncs2)Cc2ccccc2)cs1. The summed E-state index contributed by atoms with van der Waals surface area (Å²) in [6.07, 6.45) is 7.78. The second-order valence-corrected chi connectivity index (χ2v) is 14.8. The third kappa shape index (κ3) is 13.0. The average Bonchev–Trinajstić information content (AvgIpc) is 3.96. The van der Waals surface area contributed by atoms with E-state index in [2.05, 4.69) is 45.1 Å². The molecule has 52 heavy (non-hydrogen) atoms. The number of aryl methyl sites for hydroxylation is 1. The Labute approximate surface area is 313 Å². The summed E-state index contributed by atoms with van der Waals surface area (Å²) in [5.74, 6) is 0.0427. The minimum absolute atomic E-state index is 0.148. The Hall–Kier alpha value is -5.01. The monoisotopic (exact) mass is 741 g/mol. The summed E-state index contributed by atoms with van der Waals surface area (Å²) in [6, 6.07) is 22.1. The Morgan fingerprint density at radius 2 is 1.46 bits per heavy atom. The summed E-state index contributed by atoms with van der Waals surface area (Å²) in [4.78, 5) is 49.6. The maximum atomic E-state index is 14.0. The molecule has 0 aliphatic rings. The number of nitrogens with zero attached hydrogens (tertiary/aromatic N) is 3. The molecular weight excluding hydrogens is 695 g/mol. The molecule has 5 rings (SSSR count). The molecule has 0 aliphatic carbocycles. The van der Waals surface area contributed by atoms with Crippen LogP contribution in [-0.4, -0.2) is 50.7 Å². The topological polar surface area (TPSA) is 139 Å². The number of thiazole rings is 2. The number of amides is 4. The third-order valence-corrected chi connectivity index (χ3v) is 10.4. The van der Waals surface area contributed by atoms with E-state index in [4.69, 9.17) is 4.74 Å². The van der Waals surface area contributed by atoms with Crippen LogP contribution in [0.5, 0.6) is 0 Å². The van der Waals surface area contributed by atoms with E-state index in [1.165, 1.54) is 11.3 Å². The molecule has 3 aromatic heterocycles. The second kappa shape index (κ2) is 20.1. The van der Waals surface area contributed by atoms with E-state index in [0.29, 0.717) is 44.6 Å². The van der Waals surface area contributed by atoms with Gasteiger partial charge in [-0.25, -0.2) is 14.6 Å². The normalized spacial score (nSPS) is 12.8. The second-order valence-electron chi connectivity index (χ2n) is 13.0. The number of alkyl carbamates (subject to hydrolysis) is 1. The van der Waals surface area contributed by atoms with Crippen molar-refractivity contribution in [2.75, 3.05) is 0 Å². The molecule has 0 fully saturated rings. The van der Waals surface area contributed by atoms with Gasteiger partial charge in [0.05, 0.1) is 27.6 Å². The van der Waals surface area contributed by atoms with Gasteiger partial charge in [0.2, 0.25) is 5.91 Å². The zero-order valence-electron chi connectivity index (χ0n) is 29.6. The quantitative estimate of drug-likeness (QED) is 0.0732. The highest BCUT2D eigenvalue weighted by atomic mass is 32.1. The number of carbonyl (C=O) groups is 3. The van der Waals surface area contributed by atoms with Crippen LogP contribution in [0.25, 0.3) is 0 Å². The van der Waals surface area contributed by atoms with Crippen molar-refractivity contribution in [3.8, 4) is 0 Å². The lowest BCUT2D eigenvalue weighted by atomic mass is 9.95. The van der Waals surface area contributed by atoms with E-state index < -0.39 is 18.2 Å². The molecule has 4 amide bonds. The maximum Gasteiger partial charge on any atom is 0.407 e. The van der Waals surface area contributed by atoms with Crippen molar-refractivity contribution in [1.82, 2.24) is 35.8 Å². The molecule has 13 heteroatoms. The summed E-state index contributed by atoms with van der Waals surface area (Å²) >= 11 is 3.00. The predicted octanol–water partition coefficient (Wildman–Crippen LogP) is 6.83. The fraction of sp³-hybridized carbons (Fsp3) is 0.359. The third-order valence-electron chi connectivity index (χ3n) is 8.47. The number of benzene rings is 2. The molecule has 2 aromatic carbocycles. The number of urea groups is 1. The molecule has 5 aromatic rings. The van der Waals surface area contributed by atoms with Crippen LogP contribution in [0.15, 0.2) is 102 Å². The van der Waals surface area contributed by atoms with Gasteiger partial charge < -0.3 is 30.6 Å². The molecule has 0 spiro atoms. The lowest BCUT2D eigenvalue weighted by molar-refractivity contribution is -0.123. The molecule has 0 unspecified atom stereocenters. The van der Waals surface area contributed by atoms with Crippen LogP contribution >= 0.6 is 22.7 Å². The number of rotatable bonds is 19. The first-order valence-electron chi connectivity index (χ1n) is 17.6. The molecule has 274 valence electrons. The smallest absolute Gasteiger partial charge is 0.407 e. The van der Waals surface area contributed by atoms with Gasteiger partial charge in [-0.3, -0.25) is 9.78 Å². The van der Waals surface area contributed by atoms with Crippen molar-refractivity contribution in [3.05, 3.63) is 129 Å². The van der Waals surface area contributed by atoms with Crippen molar-refractivity contribution < 1.29 is 19.1 Å². The Balaban J connectivity index is 1.26. The lowest BCUT2D eigenvalue weighted by Crippen LogP contribution is -2.52. The minimum atomic E-state index is -0.790. The minimum Gasteiger partial charge on any atom is -0.444 e. The molecule has 0 aliphatic heterocycles. The van der Waals surface area contributed by atoms with Crippen LogP contribution in [-0.2, 0) is 42.1 Å². The number of carbonyl (C=O) groups excluding carboxylic acids is 3. The summed E-state index contributed by atoms with van der Waals surface area (Å²) in [5.41, 5.74) is 4.64. The summed E-state index contributed by atoms with van der Waals surface area (Å²) < 4.78 is 7.49. The van der Waals surface area contributed by atoms with E-state index >= 15 is 0 Å². The molecule has 0 saturated carbocycles. The van der Waals surface area contributed by atoms with Gasteiger partial charge in [0.25, 0.3) is 0 Å². The molecule has 11 nitrogen and oxygen atoms in total. The van der Waals surface area contributed by atoms with Crippen molar-refractivity contribution in [3.63, 3.8) is 0 Å². The number of nitrogens with one attached hydrogen (secondary N) is 4. The molecule has 0 saturated heterocycles. The maximum absolute atomic E-state index is 14.0. The molecule has 3 atom stereocenters. The molecule has 3 heterocycles. The van der Waals surface area contributed by atoms with Crippen LogP contribution in [0.3, 0.4) is 0 Å². The Morgan fingerprint density at radius 1 is 0.808 bits per heavy atom. The Kier molecular flexibility index (Phi) is 14.8. The van der Waals surface area contributed by atoms with Gasteiger partial charge in [-0.1, -0.05) is 74.5 Å². The van der Waals surface area contributed by atoms with Gasteiger partial charge in [0.15, 0.2) is 0 Å². The van der Waals surface area contributed by atoms with Gasteiger partial charge in [-0.15, -0.1) is 22.7 Å². The van der Waals surface area contributed by atoms with Gasteiger partial charge in [0, 0.05) is 48.5 Å². The predicted molar refractivity (Wildman–Crippen MR) is 205 cm³/mol. The van der Waals surface area contributed by atoms with Crippen LogP contribution in [0, 0.1) is 0 Å². The van der Waals surface area contributed by atoms with Crippen LogP contribution in [0.2, 0.25) is 0 Å². The summed E-state index contributed by atoms with van der Waals surface area (Å²) in [7, 11) is 0. The number of hydrogen-bond donors (Lipinski definition) is 4. The zero-order valence-corrected chi connectivity index (χ0v) is 31.2. The Bertz CT molecular complexity index is 1780. The molecule has 0 radical (unpaired) electrons. The molecule has 4 N–H and O–H groups in total. The van der Waals surface area contributed by atoms with Gasteiger partial charge >= 0.3 is 12.1 Å². The van der Waals surface area contributed by atoms with Crippen molar-refractivity contribution in [2.45, 2.75) is 89.7 Å². The first kappa shape index (κ1) is 38.2. The first-order valence-corrected chi connectivity index (χ1v) is 19.3. The fourth-order valence-electron chi connectivity index (χ4n) is 5.73. The number of hydrogen-bond acceptors (Lipinski definition) is 8. The highest BCUT2D eigenvalue weighted by Crippen LogP contribution is 2.19. The highest BCUT2D eigenvalue weighted by Gasteiger charge is 2.25. The summed E-state index contributed by atoms with van der Waals surface area (Å²) in [5, 5.41) is 15.1. The first-order chi connectivity index (χ1) is 25.3. The largest absolute Gasteiger partial charge is 0.444 e. The van der Waals surface area contributed by atoms with Crippen molar-refractivity contribution in [1.29, 1.82) is 0 Å².